The lowest BCUT2D eigenvalue weighted by atomic mass is 9.82. The van der Waals surface area contributed by atoms with Gasteiger partial charge in [-0.1, -0.05) is 49.6 Å². The van der Waals surface area contributed by atoms with Crippen molar-refractivity contribution in [3.05, 3.63) is 59.6 Å². The van der Waals surface area contributed by atoms with Crippen LogP contribution in [0.5, 0.6) is 0 Å². The molecule has 12 heteroatoms. The Kier molecular flexibility index (Phi) is 8.54. The van der Waals surface area contributed by atoms with Crippen LogP contribution in [-0.4, -0.2) is 79.5 Å². The van der Waals surface area contributed by atoms with Crippen molar-refractivity contribution < 1.29 is 23.1 Å². The van der Waals surface area contributed by atoms with Gasteiger partial charge in [0, 0.05) is 43.3 Å². The van der Waals surface area contributed by atoms with E-state index in [0.717, 1.165) is 79.3 Å². The van der Waals surface area contributed by atoms with Crippen molar-refractivity contribution in [2.24, 2.45) is 5.92 Å². The Bertz CT molecular complexity index is 1570. The van der Waals surface area contributed by atoms with Crippen molar-refractivity contribution in [3.8, 4) is 10.4 Å². The van der Waals surface area contributed by atoms with E-state index in [2.05, 4.69) is 22.1 Å². The van der Waals surface area contributed by atoms with E-state index < -0.39 is 27.9 Å². The molecule has 2 saturated heterocycles. The van der Waals surface area contributed by atoms with Gasteiger partial charge in [0.2, 0.25) is 15.9 Å². The molecule has 1 amide bonds. The second-order valence-corrected chi connectivity index (χ2v) is 14.7. The molecular formula is C31H37N5O5S2. The maximum Gasteiger partial charge on any atom is 0.348 e. The molecule has 228 valence electrons. The van der Waals surface area contributed by atoms with Crippen LogP contribution in [0.2, 0.25) is 0 Å². The van der Waals surface area contributed by atoms with E-state index in [1.54, 1.807) is 23.1 Å². The summed E-state index contributed by atoms with van der Waals surface area (Å²) in [5.74, 6) is -0.726. The van der Waals surface area contributed by atoms with Gasteiger partial charge >= 0.3 is 5.97 Å². The third kappa shape index (κ3) is 6.06. The number of aromatic nitrogens is 1. The number of carboxylic acids is 1. The molecule has 2 N–H and O–H groups in total. The summed E-state index contributed by atoms with van der Waals surface area (Å²) in [7, 11) is -4.02. The Morgan fingerprint density at radius 1 is 1.07 bits per heavy atom. The Morgan fingerprint density at radius 3 is 2.51 bits per heavy atom. The maximum atomic E-state index is 14.0. The summed E-state index contributed by atoms with van der Waals surface area (Å²) < 4.78 is 29.1. The number of pyridine rings is 1. The normalized spacial score (nSPS) is 22.6. The van der Waals surface area contributed by atoms with Crippen LogP contribution in [0, 0.1) is 5.92 Å². The minimum absolute atomic E-state index is 0.0520. The highest BCUT2D eigenvalue weighted by Crippen LogP contribution is 2.42. The number of carbonyl (C=O) groups is 2. The van der Waals surface area contributed by atoms with Gasteiger partial charge in [0.05, 0.1) is 18.3 Å². The molecule has 4 heterocycles. The van der Waals surface area contributed by atoms with Gasteiger partial charge in [0.1, 0.15) is 15.6 Å². The van der Waals surface area contributed by atoms with Gasteiger partial charge in [-0.15, -0.1) is 11.3 Å². The molecular weight excluding hydrogens is 587 g/mol. The molecule has 2 atom stereocenters. The molecule has 0 spiro atoms. The fraction of sp³-hybridized carbons (Fsp3) is 0.452. The number of thiophene rings is 1. The van der Waals surface area contributed by atoms with Gasteiger partial charge in [-0.2, -0.15) is 4.31 Å². The van der Waals surface area contributed by atoms with Gasteiger partial charge in [0.15, 0.2) is 0 Å². The number of rotatable bonds is 7. The minimum Gasteiger partial charge on any atom is -0.477 e. The fourth-order valence-corrected chi connectivity index (χ4v) is 8.95. The summed E-state index contributed by atoms with van der Waals surface area (Å²) in [5.41, 5.74) is 1.22. The van der Waals surface area contributed by atoms with Crippen LogP contribution in [-0.2, 0) is 14.8 Å². The van der Waals surface area contributed by atoms with Crippen molar-refractivity contribution in [2.75, 3.05) is 42.5 Å². The van der Waals surface area contributed by atoms with E-state index in [4.69, 9.17) is 0 Å². The first-order valence-electron chi connectivity index (χ1n) is 14.9. The van der Waals surface area contributed by atoms with Crippen LogP contribution < -0.4 is 15.1 Å². The highest BCUT2D eigenvalue weighted by atomic mass is 32.2. The molecule has 0 radical (unpaired) electrons. The van der Waals surface area contributed by atoms with E-state index in [-0.39, 0.29) is 28.8 Å². The van der Waals surface area contributed by atoms with Gasteiger partial charge in [-0.25, -0.2) is 18.2 Å². The molecule has 3 aromatic rings. The molecule has 10 nitrogen and oxygen atoms in total. The van der Waals surface area contributed by atoms with E-state index in [1.807, 2.05) is 30.3 Å². The lowest BCUT2D eigenvalue weighted by Gasteiger charge is -2.44. The van der Waals surface area contributed by atoms with Gasteiger partial charge < -0.3 is 20.2 Å². The first-order chi connectivity index (χ1) is 20.7. The second kappa shape index (κ2) is 12.4. The lowest BCUT2D eigenvalue weighted by molar-refractivity contribution is -0.121. The number of benzene rings is 1. The molecule has 2 aliphatic heterocycles. The zero-order chi connectivity index (χ0) is 30.1. The van der Waals surface area contributed by atoms with Crippen LogP contribution in [0.25, 0.3) is 10.4 Å². The van der Waals surface area contributed by atoms with Crippen molar-refractivity contribution in [1.29, 1.82) is 0 Å². The van der Waals surface area contributed by atoms with Crippen molar-refractivity contribution in [2.45, 2.75) is 56.0 Å². The average Bonchev–Trinajstić information content (AvgIpc) is 3.47. The summed E-state index contributed by atoms with van der Waals surface area (Å²) in [6, 6.07) is 14.4. The molecule has 6 rings (SSSR count). The number of sulfonamides is 1. The number of nitrogens with zero attached hydrogens (tertiary/aromatic N) is 4. The van der Waals surface area contributed by atoms with Crippen LogP contribution in [0.15, 0.2) is 59.6 Å². The van der Waals surface area contributed by atoms with Crippen LogP contribution in [0.1, 0.15) is 48.7 Å². The molecule has 1 saturated carbocycles. The molecule has 3 fully saturated rings. The molecule has 0 unspecified atom stereocenters. The first-order valence-corrected chi connectivity index (χ1v) is 17.2. The van der Waals surface area contributed by atoms with E-state index >= 15 is 0 Å². The first kappa shape index (κ1) is 29.7. The maximum absolute atomic E-state index is 14.0. The predicted octanol–water partition coefficient (Wildman–Crippen LogP) is 4.29. The second-order valence-electron chi connectivity index (χ2n) is 11.7. The number of carboxylic acid groups (broad SMARTS) is 1. The molecule has 3 aliphatic rings. The highest BCUT2D eigenvalue weighted by Gasteiger charge is 2.44. The quantitative estimate of drug-likeness (QED) is 0.400. The number of nitrogens with one attached hydrogen (secondary N) is 1. The highest BCUT2D eigenvalue weighted by molar-refractivity contribution is 7.89. The molecule has 1 aliphatic carbocycles. The number of anilines is 2. The molecule has 1 aromatic carbocycles. The summed E-state index contributed by atoms with van der Waals surface area (Å²) in [5, 5.41) is 13.5. The standard InChI is InChI=1S/C31H37N5O5S2/c1-21-18-34(15-14-32-21)28-13-12-24(17-33-28)43(40,41)35-19-26(22-8-4-2-5-9-22)36(29(37)20-35)25-16-27(42-30(25)31(38)39)23-10-6-3-7-11-23/h3,6-7,10-13,16-17,21-22,26,32H,2,4-5,8-9,14-15,18-20H2,1H3,(H,38,39)/t21-,26-/m0/s1. The average molecular weight is 624 g/mol. The topological polar surface area (TPSA) is 123 Å². The molecule has 0 bridgehead atoms. The zero-order valence-corrected chi connectivity index (χ0v) is 25.8. The SMILES string of the molecule is C[C@H]1CN(c2ccc(S(=O)(=O)N3CC(=O)N(c4cc(-c5ccccc5)sc4C(=O)O)[C@H](C4CCCCC4)C3)cn2)CCN1. The van der Waals surface area contributed by atoms with Crippen molar-refractivity contribution in [1.82, 2.24) is 14.6 Å². The number of amides is 1. The summed E-state index contributed by atoms with van der Waals surface area (Å²) in [6.45, 7) is 4.24. The third-order valence-corrected chi connectivity index (χ3v) is 11.7. The van der Waals surface area contributed by atoms with Crippen LogP contribution >= 0.6 is 11.3 Å². The Hall–Kier alpha value is -3.32. The summed E-state index contributed by atoms with van der Waals surface area (Å²) in [6.07, 6.45) is 6.20. The van der Waals surface area contributed by atoms with Crippen molar-refractivity contribution >= 4 is 44.7 Å². The monoisotopic (exact) mass is 623 g/mol. The number of aromatic carboxylic acids is 1. The van der Waals surface area contributed by atoms with E-state index in [9.17, 15) is 23.1 Å². The number of hydrogen-bond donors (Lipinski definition) is 2. The fourth-order valence-electron chi connectivity index (χ4n) is 6.60. The van der Waals surface area contributed by atoms with Crippen LogP contribution in [0.3, 0.4) is 0 Å². The predicted molar refractivity (Wildman–Crippen MR) is 167 cm³/mol. The van der Waals surface area contributed by atoms with E-state index in [1.165, 1.54) is 10.5 Å². The number of carbonyl (C=O) groups excluding carboxylic acids is 1. The van der Waals surface area contributed by atoms with Gasteiger partial charge in [0.25, 0.3) is 0 Å². The van der Waals surface area contributed by atoms with Crippen LogP contribution in [0.4, 0.5) is 11.5 Å². The minimum atomic E-state index is -4.02. The lowest BCUT2D eigenvalue weighted by Crippen LogP contribution is -2.60. The van der Waals surface area contributed by atoms with Gasteiger partial charge in [-0.05, 0) is 49.4 Å². The summed E-state index contributed by atoms with van der Waals surface area (Å²) in [4.78, 5) is 35.5. The molecule has 43 heavy (non-hydrogen) atoms. The zero-order valence-electron chi connectivity index (χ0n) is 24.2. The van der Waals surface area contributed by atoms with Gasteiger partial charge in [-0.3, -0.25) is 4.79 Å². The van der Waals surface area contributed by atoms with Crippen molar-refractivity contribution in [3.63, 3.8) is 0 Å². The Balaban J connectivity index is 1.32. The smallest absolute Gasteiger partial charge is 0.348 e. The van der Waals surface area contributed by atoms with E-state index in [0.29, 0.717) is 11.7 Å². The summed E-state index contributed by atoms with van der Waals surface area (Å²) >= 11 is 1.14. The largest absolute Gasteiger partial charge is 0.477 e. The number of piperazine rings is 2. The molecule has 2 aromatic heterocycles. The number of hydrogen-bond acceptors (Lipinski definition) is 8. The Morgan fingerprint density at radius 2 is 1.84 bits per heavy atom. The Labute approximate surface area is 256 Å². The third-order valence-electron chi connectivity index (χ3n) is 8.77.